The van der Waals surface area contributed by atoms with E-state index in [-0.39, 0.29) is 17.0 Å². The minimum absolute atomic E-state index is 0.0148. The molecule has 1 saturated heterocycles. The summed E-state index contributed by atoms with van der Waals surface area (Å²) in [6, 6.07) is 0. The maximum Gasteiger partial charge on any atom is 0.520 e. The number of imidazole rings is 1. The van der Waals surface area contributed by atoms with E-state index >= 15 is 0 Å². The number of phosphoric ester groups is 3. The fourth-order valence-corrected chi connectivity index (χ4v) is 5.05. The molecule has 2 aromatic heterocycles. The lowest BCUT2D eigenvalue weighted by Gasteiger charge is -2.22. The Bertz CT molecular complexity index is 1120. The van der Waals surface area contributed by atoms with Gasteiger partial charge in [0.05, 0.1) is 12.9 Å². The van der Waals surface area contributed by atoms with Crippen LogP contribution >= 0.6 is 23.5 Å². The number of nitrogens with two attached hydrogens (primary N) is 1. The lowest BCUT2D eigenvalue weighted by molar-refractivity contribution is -0.0497. The summed E-state index contributed by atoms with van der Waals surface area (Å²) in [4.78, 5) is 48.7. The van der Waals surface area contributed by atoms with Crippen molar-refractivity contribution >= 4 is 40.4 Å². The van der Waals surface area contributed by atoms with Crippen molar-refractivity contribution in [3.05, 3.63) is 19.8 Å². The number of phosphoric acid groups is 3. The average molecular weight is 520 g/mol. The van der Waals surface area contributed by atoms with Gasteiger partial charge in [0.15, 0.2) is 17.7 Å². The molecule has 0 spiro atoms. The summed E-state index contributed by atoms with van der Waals surface area (Å²) in [7, 11) is -12.8. The number of ether oxygens (including phenoxy) is 1. The van der Waals surface area contributed by atoms with E-state index in [0.717, 1.165) is 17.2 Å². The molecule has 1 aliphatic rings. The van der Waals surface area contributed by atoms with Crippen LogP contribution in [0.1, 0.15) is 6.23 Å². The van der Waals surface area contributed by atoms with Crippen molar-refractivity contribution in [2.24, 2.45) is 0 Å². The first kappa shape index (κ1) is 25.1. The quantitative estimate of drug-likeness (QED) is 0.174. The summed E-state index contributed by atoms with van der Waals surface area (Å²) >= 11 is 0. The second kappa shape index (κ2) is 9.04. The molecule has 18 nitrogen and oxygen atoms in total. The number of hydrogen-bond donors (Lipinski definition) is 6. The van der Waals surface area contributed by atoms with Crippen LogP contribution in [0.25, 0.3) is 11.2 Å². The molecule has 3 rings (SSSR count). The fourth-order valence-electron chi connectivity index (χ4n) is 2.75. The normalized spacial score (nSPS) is 27.9. The number of anilines is 1. The monoisotopic (exact) mass is 520 g/mol. The van der Waals surface area contributed by atoms with E-state index < -0.39 is 54.6 Å². The van der Waals surface area contributed by atoms with E-state index in [1.807, 2.05) is 0 Å². The topological polar surface area (TPSA) is 268 Å². The third kappa shape index (κ3) is 5.70. The molecule has 1 fully saturated rings. The number of fused-ring (bicyclic) bond motifs is 1. The summed E-state index contributed by atoms with van der Waals surface area (Å²) in [5.74, 6) is -0.0148. The van der Waals surface area contributed by atoms with E-state index in [2.05, 4.69) is 39.9 Å². The molecule has 21 heteroatoms. The van der Waals surface area contributed by atoms with Gasteiger partial charge in [-0.15, -0.1) is 0 Å². The Morgan fingerprint density at radius 1 is 1.16 bits per heavy atom. The standard InChI is InChI=1S/C11H16N5O13P3/c1-25-31(21,22)29-32(23,24)26-2-5-7(17)8(28-30(18,19)20)11(27-5)16-4-15-6-9(12)13-3-14-10(6)16/h3-5,7-8,11,17H,1-2H2,(H5-,12,13,14,18,19,20,21,22,23,24)/p+1/t5-,7-,8-,11-/m1/s1. The maximum atomic E-state index is 11.8. The Hall–Kier alpha value is -1.49. The van der Waals surface area contributed by atoms with Crippen LogP contribution in [-0.4, -0.2) is 69.1 Å². The zero-order chi connectivity index (χ0) is 23.9. The van der Waals surface area contributed by atoms with Crippen LogP contribution in [0.4, 0.5) is 5.82 Å². The van der Waals surface area contributed by atoms with Crippen molar-refractivity contribution < 1.29 is 61.0 Å². The van der Waals surface area contributed by atoms with Crippen molar-refractivity contribution in [2.75, 3.05) is 12.3 Å². The lowest BCUT2D eigenvalue weighted by Crippen LogP contribution is -2.35. The zero-order valence-electron chi connectivity index (χ0n) is 15.6. The van der Waals surface area contributed by atoms with Gasteiger partial charge in [0.25, 0.3) is 0 Å². The molecule has 6 atom stereocenters. The molecule has 2 aromatic rings. The molecule has 0 bridgehead atoms. The van der Waals surface area contributed by atoms with Crippen molar-refractivity contribution in [1.82, 2.24) is 19.5 Å². The van der Waals surface area contributed by atoms with E-state index in [0.29, 0.717) is 0 Å². The van der Waals surface area contributed by atoms with Gasteiger partial charge in [0, 0.05) is 0 Å². The summed E-state index contributed by atoms with van der Waals surface area (Å²) in [6.07, 6.45) is -4.40. The van der Waals surface area contributed by atoms with E-state index in [1.165, 1.54) is 0 Å². The Kier molecular flexibility index (Phi) is 7.10. The Morgan fingerprint density at radius 2 is 1.84 bits per heavy atom. The summed E-state index contributed by atoms with van der Waals surface area (Å²) in [6.45, 7) is -0.951. The largest absolute Gasteiger partial charge is 0.520 e. The molecule has 32 heavy (non-hydrogen) atoms. The minimum Gasteiger partial charge on any atom is -0.387 e. The van der Waals surface area contributed by atoms with Gasteiger partial charge in [-0.1, -0.05) is 4.52 Å². The number of hydrogen-bond acceptors (Lipinski definition) is 13. The smallest absolute Gasteiger partial charge is 0.387 e. The molecule has 0 aromatic carbocycles. The van der Waals surface area contributed by atoms with Crippen LogP contribution in [-0.2, 0) is 36.3 Å². The Labute approximate surface area is 178 Å². The first-order valence-electron chi connectivity index (χ1n) is 8.19. The van der Waals surface area contributed by atoms with Gasteiger partial charge in [0.2, 0.25) is 7.11 Å². The third-order valence-corrected chi connectivity index (χ3v) is 6.98. The second-order valence-electron chi connectivity index (χ2n) is 6.14. The minimum atomic E-state index is -5.22. The van der Waals surface area contributed by atoms with Gasteiger partial charge in [-0.25, -0.2) is 28.6 Å². The molecule has 0 amide bonds. The van der Waals surface area contributed by atoms with Gasteiger partial charge in [-0.3, -0.25) is 18.5 Å². The van der Waals surface area contributed by atoms with Gasteiger partial charge in [-0.2, -0.15) is 4.31 Å². The van der Waals surface area contributed by atoms with Crippen LogP contribution in [0.3, 0.4) is 0 Å². The number of aliphatic hydroxyl groups excluding tert-OH is 1. The van der Waals surface area contributed by atoms with E-state index in [9.17, 15) is 33.5 Å². The third-order valence-electron chi connectivity index (χ3n) is 4.00. The molecule has 178 valence electrons. The van der Waals surface area contributed by atoms with Crippen LogP contribution in [0.15, 0.2) is 12.7 Å². The average Bonchev–Trinajstić information content (AvgIpc) is 3.21. The predicted molar refractivity (Wildman–Crippen MR) is 99.7 cm³/mol. The predicted octanol–water partition coefficient (Wildman–Crippen LogP) is -0.813. The number of nitrogens with zero attached hydrogens (tertiary/aromatic N) is 4. The number of rotatable bonds is 9. The van der Waals surface area contributed by atoms with Crippen molar-refractivity contribution in [3.63, 3.8) is 0 Å². The molecule has 0 saturated carbocycles. The highest BCUT2D eigenvalue weighted by Crippen LogP contribution is 2.60. The molecule has 2 unspecified atom stereocenters. The second-order valence-corrected chi connectivity index (χ2v) is 10.4. The zero-order valence-corrected chi connectivity index (χ0v) is 18.3. The molecular formula is C11H17N5O13P3+. The fraction of sp³-hybridized carbons (Fsp3) is 0.455. The van der Waals surface area contributed by atoms with Gasteiger partial charge in [-0.05, 0) is 0 Å². The summed E-state index contributed by atoms with van der Waals surface area (Å²) in [5, 5.41) is 10.5. The molecule has 0 radical (unpaired) electrons. The summed E-state index contributed by atoms with van der Waals surface area (Å²) in [5.41, 5.74) is 5.86. The van der Waals surface area contributed by atoms with Crippen molar-refractivity contribution in [1.29, 1.82) is 0 Å². The molecule has 1 aliphatic heterocycles. The van der Waals surface area contributed by atoms with Gasteiger partial charge in [0.1, 0.15) is 30.2 Å². The number of nitrogen functional groups attached to an aromatic ring is 1. The summed E-state index contributed by atoms with van der Waals surface area (Å²) < 4.78 is 57.9. The number of aromatic nitrogens is 4. The van der Waals surface area contributed by atoms with Crippen LogP contribution in [0, 0.1) is 7.11 Å². The Balaban J connectivity index is 1.86. The highest BCUT2D eigenvalue weighted by Gasteiger charge is 2.50. The number of aliphatic hydroxyl groups is 1. The molecular weight excluding hydrogens is 503 g/mol. The first-order chi connectivity index (χ1) is 14.7. The SMILES string of the molecule is [CH2+]OP(=O)(O)OP(=O)(O)OC[C@H]1O[C@@H](n2cnc3c(N)ncnc32)[C@H](OP(=O)(O)O)[C@@H]1O. The maximum absolute atomic E-state index is 11.8. The van der Waals surface area contributed by atoms with Crippen molar-refractivity contribution in [3.8, 4) is 0 Å². The van der Waals surface area contributed by atoms with Crippen LogP contribution < -0.4 is 5.73 Å². The molecule has 0 aliphatic carbocycles. The lowest BCUT2D eigenvalue weighted by atomic mass is 10.1. The first-order valence-corrected chi connectivity index (χ1v) is 12.7. The van der Waals surface area contributed by atoms with Crippen LogP contribution in [0.5, 0.6) is 0 Å². The van der Waals surface area contributed by atoms with Gasteiger partial charge >= 0.3 is 23.5 Å². The Morgan fingerprint density at radius 3 is 2.47 bits per heavy atom. The highest BCUT2D eigenvalue weighted by molar-refractivity contribution is 7.61. The van der Waals surface area contributed by atoms with E-state index in [1.54, 1.807) is 0 Å². The van der Waals surface area contributed by atoms with Gasteiger partial charge < -0.3 is 30.3 Å². The molecule has 7 N–H and O–H groups in total. The van der Waals surface area contributed by atoms with Crippen LogP contribution in [0.2, 0.25) is 0 Å². The highest BCUT2D eigenvalue weighted by atomic mass is 31.3. The molecule has 3 heterocycles. The van der Waals surface area contributed by atoms with Crippen molar-refractivity contribution in [2.45, 2.75) is 24.5 Å². The van der Waals surface area contributed by atoms with E-state index in [4.69, 9.17) is 15.4 Å².